The summed E-state index contributed by atoms with van der Waals surface area (Å²) in [7, 11) is 0. The van der Waals surface area contributed by atoms with Gasteiger partial charge < -0.3 is 5.32 Å². The molecule has 1 N–H and O–H groups in total. The molecule has 3 nitrogen and oxygen atoms in total. The maximum absolute atomic E-state index is 13.4. The number of halogens is 2. The van der Waals surface area contributed by atoms with Crippen LogP contribution in [0.25, 0.3) is 22.3 Å². The van der Waals surface area contributed by atoms with E-state index < -0.39 is 0 Å². The van der Waals surface area contributed by atoms with E-state index in [9.17, 15) is 4.39 Å². The lowest BCUT2D eigenvalue weighted by Gasteiger charge is -2.10. The van der Waals surface area contributed by atoms with Gasteiger partial charge in [-0.1, -0.05) is 28.1 Å². The second-order valence-corrected chi connectivity index (χ2v) is 5.51. The summed E-state index contributed by atoms with van der Waals surface area (Å²) in [5.74, 6) is 0.973. The Morgan fingerprint density at radius 2 is 2.00 bits per heavy atom. The highest BCUT2D eigenvalue weighted by molar-refractivity contribution is 9.10. The summed E-state index contributed by atoms with van der Waals surface area (Å²) >= 11 is 3.46. The van der Waals surface area contributed by atoms with Crippen LogP contribution in [0.4, 0.5) is 10.2 Å². The molecule has 21 heavy (non-hydrogen) atoms. The normalized spacial score (nSPS) is 10.8. The molecule has 2 aromatic carbocycles. The molecule has 106 valence electrons. The lowest BCUT2D eigenvalue weighted by molar-refractivity contribution is 0.628. The summed E-state index contributed by atoms with van der Waals surface area (Å²) in [5.41, 5.74) is 1.49. The van der Waals surface area contributed by atoms with Crippen molar-refractivity contribution in [2.24, 2.45) is 0 Å². The largest absolute Gasteiger partial charge is 0.370 e. The second kappa shape index (κ2) is 5.77. The van der Waals surface area contributed by atoms with E-state index in [1.165, 1.54) is 12.1 Å². The molecule has 0 fully saturated rings. The number of hydrogen-bond acceptors (Lipinski definition) is 3. The first kappa shape index (κ1) is 13.9. The third-order valence-electron chi connectivity index (χ3n) is 3.08. The summed E-state index contributed by atoms with van der Waals surface area (Å²) in [4.78, 5) is 9.07. The molecule has 0 atom stereocenters. The smallest absolute Gasteiger partial charge is 0.162 e. The van der Waals surface area contributed by atoms with E-state index in [-0.39, 0.29) is 5.82 Å². The summed E-state index contributed by atoms with van der Waals surface area (Å²) in [6.45, 7) is 2.76. The van der Waals surface area contributed by atoms with Gasteiger partial charge in [-0.05, 0) is 37.3 Å². The number of nitrogens with one attached hydrogen (secondary N) is 1. The monoisotopic (exact) mass is 345 g/mol. The van der Waals surface area contributed by atoms with Gasteiger partial charge >= 0.3 is 0 Å². The highest BCUT2D eigenvalue weighted by Crippen LogP contribution is 2.27. The maximum Gasteiger partial charge on any atom is 0.162 e. The number of fused-ring (bicyclic) bond motifs is 1. The summed E-state index contributed by atoms with van der Waals surface area (Å²) in [6, 6.07) is 12.1. The zero-order valence-electron chi connectivity index (χ0n) is 11.4. The van der Waals surface area contributed by atoms with Crippen molar-refractivity contribution >= 4 is 32.7 Å². The second-order valence-electron chi connectivity index (χ2n) is 4.60. The molecule has 3 aromatic rings. The van der Waals surface area contributed by atoms with Crippen LogP contribution < -0.4 is 5.32 Å². The summed E-state index contributed by atoms with van der Waals surface area (Å²) in [6.07, 6.45) is 0. The fourth-order valence-electron chi connectivity index (χ4n) is 2.16. The van der Waals surface area contributed by atoms with E-state index in [0.29, 0.717) is 11.4 Å². The van der Waals surface area contributed by atoms with Crippen molar-refractivity contribution in [3.05, 3.63) is 52.8 Å². The number of nitrogens with zero attached hydrogens (tertiary/aromatic N) is 2. The molecular formula is C16H13BrFN3. The Morgan fingerprint density at radius 1 is 1.14 bits per heavy atom. The van der Waals surface area contributed by atoms with Crippen LogP contribution in [0.15, 0.2) is 46.9 Å². The third kappa shape index (κ3) is 2.88. The number of aromatic nitrogens is 2. The fraction of sp³-hybridized carbons (Fsp3) is 0.125. The first-order valence-electron chi connectivity index (χ1n) is 6.64. The van der Waals surface area contributed by atoms with Crippen LogP contribution in [0.2, 0.25) is 0 Å². The first-order valence-corrected chi connectivity index (χ1v) is 7.44. The van der Waals surface area contributed by atoms with Crippen molar-refractivity contribution < 1.29 is 4.39 Å². The van der Waals surface area contributed by atoms with Gasteiger partial charge in [-0.2, -0.15) is 0 Å². The number of benzene rings is 2. The Balaban J connectivity index is 2.23. The van der Waals surface area contributed by atoms with Gasteiger partial charge in [0.2, 0.25) is 0 Å². The van der Waals surface area contributed by atoms with Gasteiger partial charge in [0.05, 0.1) is 5.52 Å². The van der Waals surface area contributed by atoms with Crippen molar-refractivity contribution in [1.82, 2.24) is 9.97 Å². The van der Waals surface area contributed by atoms with Crippen LogP contribution in [0.3, 0.4) is 0 Å². The molecular weight excluding hydrogens is 333 g/mol. The van der Waals surface area contributed by atoms with Crippen molar-refractivity contribution in [2.75, 3.05) is 11.9 Å². The zero-order chi connectivity index (χ0) is 14.8. The molecule has 1 heterocycles. The standard InChI is InChI=1S/C16H13BrFN3/c1-2-19-16-13-9-11(17)6-7-14(13)20-15(21-16)10-4-3-5-12(18)8-10/h3-9H,2H2,1H3,(H,19,20,21). The third-order valence-corrected chi connectivity index (χ3v) is 3.58. The number of anilines is 1. The van der Waals surface area contributed by atoms with E-state index >= 15 is 0 Å². The molecule has 0 bridgehead atoms. The van der Waals surface area contributed by atoms with E-state index in [4.69, 9.17) is 0 Å². The quantitative estimate of drug-likeness (QED) is 0.751. The summed E-state index contributed by atoms with van der Waals surface area (Å²) < 4.78 is 14.4. The number of rotatable bonds is 3. The molecule has 1 aromatic heterocycles. The Morgan fingerprint density at radius 3 is 2.76 bits per heavy atom. The van der Waals surface area contributed by atoms with Crippen molar-refractivity contribution in [3.63, 3.8) is 0 Å². The molecule has 0 aliphatic heterocycles. The van der Waals surface area contributed by atoms with Crippen LogP contribution in [0.1, 0.15) is 6.92 Å². The maximum atomic E-state index is 13.4. The highest BCUT2D eigenvalue weighted by atomic mass is 79.9. The predicted octanol–water partition coefficient (Wildman–Crippen LogP) is 4.63. The van der Waals surface area contributed by atoms with Gasteiger partial charge in [0.25, 0.3) is 0 Å². The number of hydrogen-bond donors (Lipinski definition) is 1. The van der Waals surface area contributed by atoms with Gasteiger partial charge in [0.1, 0.15) is 11.6 Å². The fourth-order valence-corrected chi connectivity index (χ4v) is 2.52. The van der Waals surface area contributed by atoms with Gasteiger partial charge in [-0.25, -0.2) is 14.4 Å². The van der Waals surface area contributed by atoms with Gasteiger partial charge in [0.15, 0.2) is 5.82 Å². The van der Waals surface area contributed by atoms with Crippen LogP contribution in [0, 0.1) is 5.82 Å². The molecule has 0 unspecified atom stereocenters. The Hall–Kier alpha value is -2.01. The van der Waals surface area contributed by atoms with Gasteiger partial charge in [0, 0.05) is 22.0 Å². The predicted molar refractivity (Wildman–Crippen MR) is 86.8 cm³/mol. The van der Waals surface area contributed by atoms with Crippen molar-refractivity contribution in [2.45, 2.75) is 6.92 Å². The topological polar surface area (TPSA) is 37.8 Å². The molecule has 5 heteroatoms. The highest BCUT2D eigenvalue weighted by Gasteiger charge is 2.10. The lowest BCUT2D eigenvalue weighted by Crippen LogP contribution is -2.03. The van der Waals surface area contributed by atoms with Crippen LogP contribution >= 0.6 is 15.9 Å². The molecule has 3 rings (SSSR count). The van der Waals surface area contributed by atoms with E-state index in [1.54, 1.807) is 12.1 Å². The molecule has 0 spiro atoms. The van der Waals surface area contributed by atoms with Crippen LogP contribution in [-0.2, 0) is 0 Å². The molecule has 0 aliphatic rings. The minimum Gasteiger partial charge on any atom is -0.370 e. The van der Waals surface area contributed by atoms with Crippen molar-refractivity contribution in [3.8, 4) is 11.4 Å². The molecule has 0 saturated heterocycles. The lowest BCUT2D eigenvalue weighted by atomic mass is 10.2. The minimum atomic E-state index is -0.294. The van der Waals surface area contributed by atoms with Crippen LogP contribution in [-0.4, -0.2) is 16.5 Å². The van der Waals surface area contributed by atoms with E-state index in [0.717, 1.165) is 27.7 Å². The molecule has 0 aliphatic carbocycles. The van der Waals surface area contributed by atoms with Crippen LogP contribution in [0.5, 0.6) is 0 Å². The molecule has 0 saturated carbocycles. The SMILES string of the molecule is CCNc1nc(-c2cccc(F)c2)nc2ccc(Br)cc12. The average molecular weight is 346 g/mol. The van der Waals surface area contributed by atoms with Crippen molar-refractivity contribution in [1.29, 1.82) is 0 Å². The Kier molecular flexibility index (Phi) is 3.84. The van der Waals surface area contributed by atoms with Gasteiger partial charge in [-0.15, -0.1) is 0 Å². The minimum absolute atomic E-state index is 0.294. The molecule has 0 radical (unpaired) electrons. The first-order chi connectivity index (χ1) is 10.2. The summed E-state index contributed by atoms with van der Waals surface area (Å²) in [5, 5.41) is 4.17. The van der Waals surface area contributed by atoms with E-state index in [2.05, 4.69) is 31.2 Å². The Bertz CT molecular complexity index is 805. The van der Waals surface area contributed by atoms with E-state index in [1.807, 2.05) is 25.1 Å². The zero-order valence-corrected chi connectivity index (χ0v) is 13.0. The average Bonchev–Trinajstić information content (AvgIpc) is 2.48. The Labute approximate surface area is 130 Å². The molecule has 0 amide bonds. The van der Waals surface area contributed by atoms with Gasteiger partial charge in [-0.3, -0.25) is 0 Å².